The molecule has 1 N–H and O–H groups in total. The summed E-state index contributed by atoms with van der Waals surface area (Å²) in [5.74, 6) is -2.56. The number of nitriles is 1. The largest absolute Gasteiger partial charge is 0.325 e. The summed E-state index contributed by atoms with van der Waals surface area (Å²) in [5.41, 5.74) is 1.45. The van der Waals surface area contributed by atoms with E-state index < -0.39 is 17.6 Å². The molecule has 2 aromatic carbocycles. The number of carbonyl (C=O) groups is 3. The van der Waals surface area contributed by atoms with E-state index >= 15 is 0 Å². The van der Waals surface area contributed by atoms with Gasteiger partial charge in [0.2, 0.25) is 5.91 Å². The summed E-state index contributed by atoms with van der Waals surface area (Å²) in [6.45, 7) is 1.60. The highest BCUT2D eigenvalue weighted by atomic mass is 79.9. The van der Waals surface area contributed by atoms with Crippen LogP contribution in [0.15, 0.2) is 53.0 Å². The Labute approximate surface area is 153 Å². The first-order valence-corrected chi connectivity index (χ1v) is 8.39. The Hall–Kier alpha value is -2.78. The lowest BCUT2D eigenvalue weighted by atomic mass is 10.0. The molecule has 0 aliphatic heterocycles. The highest BCUT2D eigenvalue weighted by molar-refractivity contribution is 9.10. The van der Waals surface area contributed by atoms with E-state index in [4.69, 9.17) is 5.26 Å². The zero-order valence-corrected chi connectivity index (χ0v) is 15.0. The quantitative estimate of drug-likeness (QED) is 0.592. The number of rotatable bonds is 6. The van der Waals surface area contributed by atoms with E-state index in [9.17, 15) is 14.4 Å². The van der Waals surface area contributed by atoms with E-state index in [1.807, 2.05) is 0 Å². The number of Topliss-reactive ketones (excluding diaryl/α,β-unsaturated/α-hetero) is 1. The highest BCUT2D eigenvalue weighted by Gasteiger charge is 2.24. The standard InChI is InChI=1S/C19H15BrN2O3/c1-2-17(23)16(11-21)19(25)22-15-9-5-13(6-10-15)18(24)12-3-7-14(20)8-4-12/h3-10,16H,2H2,1H3,(H,22,25). The summed E-state index contributed by atoms with van der Waals surface area (Å²) in [4.78, 5) is 35.9. The third-order valence-corrected chi connectivity index (χ3v) is 4.11. The number of hydrogen-bond acceptors (Lipinski definition) is 4. The molecular weight excluding hydrogens is 384 g/mol. The van der Waals surface area contributed by atoms with Gasteiger partial charge in [-0.05, 0) is 48.5 Å². The smallest absolute Gasteiger partial charge is 0.249 e. The van der Waals surface area contributed by atoms with Crippen molar-refractivity contribution < 1.29 is 14.4 Å². The molecule has 0 bridgehead atoms. The molecule has 0 saturated heterocycles. The fraction of sp³-hybridized carbons (Fsp3) is 0.158. The van der Waals surface area contributed by atoms with Crippen molar-refractivity contribution in [2.24, 2.45) is 5.92 Å². The van der Waals surface area contributed by atoms with Crippen LogP contribution in [-0.2, 0) is 9.59 Å². The molecule has 0 fully saturated rings. The first-order valence-electron chi connectivity index (χ1n) is 7.59. The van der Waals surface area contributed by atoms with E-state index in [0.717, 1.165) is 4.47 Å². The fourth-order valence-corrected chi connectivity index (χ4v) is 2.43. The minimum atomic E-state index is -1.32. The molecule has 0 radical (unpaired) electrons. The van der Waals surface area contributed by atoms with Crippen molar-refractivity contribution >= 4 is 39.1 Å². The van der Waals surface area contributed by atoms with Crippen LogP contribution in [0.25, 0.3) is 0 Å². The predicted molar refractivity (Wildman–Crippen MR) is 97.0 cm³/mol. The summed E-state index contributed by atoms with van der Waals surface area (Å²) in [5, 5.41) is 11.5. The lowest BCUT2D eigenvalue weighted by Crippen LogP contribution is -2.28. The monoisotopic (exact) mass is 398 g/mol. The van der Waals surface area contributed by atoms with Crippen LogP contribution in [0.3, 0.4) is 0 Å². The molecule has 1 amide bonds. The number of benzene rings is 2. The van der Waals surface area contributed by atoms with Crippen molar-refractivity contribution in [2.45, 2.75) is 13.3 Å². The first kappa shape index (κ1) is 18.6. The van der Waals surface area contributed by atoms with Crippen molar-refractivity contribution in [2.75, 3.05) is 5.32 Å². The van der Waals surface area contributed by atoms with Crippen molar-refractivity contribution in [3.8, 4) is 6.07 Å². The Kier molecular flexibility index (Phi) is 6.20. The van der Waals surface area contributed by atoms with Crippen LogP contribution in [0.5, 0.6) is 0 Å². The van der Waals surface area contributed by atoms with E-state index in [2.05, 4.69) is 21.2 Å². The first-order chi connectivity index (χ1) is 12.0. The van der Waals surface area contributed by atoms with Gasteiger partial charge >= 0.3 is 0 Å². The van der Waals surface area contributed by atoms with E-state index in [1.165, 1.54) is 0 Å². The van der Waals surface area contributed by atoms with Crippen LogP contribution in [0.1, 0.15) is 29.3 Å². The number of nitrogens with zero attached hydrogens (tertiary/aromatic N) is 1. The van der Waals surface area contributed by atoms with Crippen LogP contribution in [0.4, 0.5) is 5.69 Å². The number of hydrogen-bond donors (Lipinski definition) is 1. The minimum Gasteiger partial charge on any atom is -0.325 e. The molecule has 2 rings (SSSR count). The van der Waals surface area contributed by atoms with Gasteiger partial charge in [-0.1, -0.05) is 22.9 Å². The lowest BCUT2D eigenvalue weighted by molar-refractivity contribution is -0.128. The fourth-order valence-electron chi connectivity index (χ4n) is 2.17. The SMILES string of the molecule is CCC(=O)C(C#N)C(=O)Nc1ccc(C(=O)c2ccc(Br)cc2)cc1. The normalized spacial score (nSPS) is 11.2. The Morgan fingerprint density at radius 1 is 1.04 bits per heavy atom. The molecule has 2 aromatic rings. The molecule has 0 aliphatic carbocycles. The number of nitrogens with one attached hydrogen (secondary N) is 1. The highest BCUT2D eigenvalue weighted by Crippen LogP contribution is 2.17. The Morgan fingerprint density at radius 2 is 1.56 bits per heavy atom. The summed E-state index contributed by atoms with van der Waals surface area (Å²) in [6, 6.07) is 15.0. The molecule has 1 atom stereocenters. The van der Waals surface area contributed by atoms with Crippen molar-refractivity contribution in [3.63, 3.8) is 0 Å². The van der Waals surface area contributed by atoms with Crippen LogP contribution < -0.4 is 5.32 Å². The van der Waals surface area contributed by atoms with E-state index in [1.54, 1.807) is 61.5 Å². The average molecular weight is 399 g/mol. The molecule has 1 unspecified atom stereocenters. The molecule has 6 heteroatoms. The maximum atomic E-state index is 12.4. The number of anilines is 1. The average Bonchev–Trinajstić information content (AvgIpc) is 2.62. The second-order valence-corrected chi connectivity index (χ2v) is 6.20. The number of carbonyl (C=O) groups excluding carboxylic acids is 3. The molecule has 126 valence electrons. The van der Waals surface area contributed by atoms with Crippen LogP contribution in [0.2, 0.25) is 0 Å². The van der Waals surface area contributed by atoms with Gasteiger partial charge in [-0.15, -0.1) is 0 Å². The third kappa shape index (κ3) is 4.61. The minimum absolute atomic E-state index is 0.117. The summed E-state index contributed by atoms with van der Waals surface area (Å²) in [6.07, 6.45) is 0.117. The van der Waals surface area contributed by atoms with Gasteiger partial charge in [-0.25, -0.2) is 0 Å². The molecule has 25 heavy (non-hydrogen) atoms. The predicted octanol–water partition coefficient (Wildman–Crippen LogP) is 3.74. The summed E-state index contributed by atoms with van der Waals surface area (Å²) < 4.78 is 0.885. The molecule has 5 nitrogen and oxygen atoms in total. The second kappa shape index (κ2) is 8.36. The molecule has 0 aliphatic rings. The molecule has 0 spiro atoms. The van der Waals surface area contributed by atoms with Gasteiger partial charge in [0.1, 0.15) is 0 Å². The Morgan fingerprint density at radius 3 is 2.04 bits per heavy atom. The maximum absolute atomic E-state index is 12.4. The van der Waals surface area contributed by atoms with Gasteiger partial charge < -0.3 is 5.32 Å². The molecule has 0 heterocycles. The van der Waals surface area contributed by atoms with Crippen LogP contribution in [0, 0.1) is 17.2 Å². The van der Waals surface area contributed by atoms with Crippen molar-refractivity contribution in [1.29, 1.82) is 5.26 Å². The van der Waals surface area contributed by atoms with Gasteiger partial charge in [0.15, 0.2) is 17.5 Å². The Balaban J connectivity index is 2.10. The van der Waals surface area contributed by atoms with Crippen LogP contribution >= 0.6 is 15.9 Å². The molecule has 0 aromatic heterocycles. The third-order valence-electron chi connectivity index (χ3n) is 3.58. The second-order valence-electron chi connectivity index (χ2n) is 5.28. The number of halogens is 1. The van der Waals surface area contributed by atoms with Gasteiger partial charge in [0.25, 0.3) is 0 Å². The molecular formula is C19H15BrN2O3. The van der Waals surface area contributed by atoms with Gasteiger partial charge in [-0.2, -0.15) is 5.26 Å². The van der Waals surface area contributed by atoms with Crippen LogP contribution in [-0.4, -0.2) is 17.5 Å². The Bertz CT molecular complexity index is 836. The van der Waals surface area contributed by atoms with Gasteiger partial charge in [-0.3, -0.25) is 14.4 Å². The van der Waals surface area contributed by atoms with E-state index in [0.29, 0.717) is 16.8 Å². The zero-order chi connectivity index (χ0) is 18.4. The van der Waals surface area contributed by atoms with E-state index in [-0.39, 0.29) is 12.2 Å². The van der Waals surface area contributed by atoms with Crippen molar-refractivity contribution in [1.82, 2.24) is 0 Å². The summed E-state index contributed by atoms with van der Waals surface area (Å²) >= 11 is 3.32. The maximum Gasteiger partial charge on any atom is 0.249 e. The van der Waals surface area contributed by atoms with Gasteiger partial charge in [0, 0.05) is 27.7 Å². The van der Waals surface area contributed by atoms with Gasteiger partial charge in [0.05, 0.1) is 6.07 Å². The lowest BCUT2D eigenvalue weighted by Gasteiger charge is -2.09. The summed E-state index contributed by atoms with van der Waals surface area (Å²) in [7, 11) is 0. The number of amides is 1. The zero-order valence-electron chi connectivity index (χ0n) is 13.5. The van der Waals surface area contributed by atoms with Crippen molar-refractivity contribution in [3.05, 3.63) is 64.1 Å². The molecule has 0 saturated carbocycles. The number of ketones is 2. The topological polar surface area (TPSA) is 87.0 Å².